The molecule has 148 valence electrons. The Morgan fingerprint density at radius 3 is 2.21 bits per heavy atom. The van der Waals surface area contributed by atoms with Crippen LogP contribution in [-0.4, -0.2) is 19.0 Å². The quantitative estimate of drug-likeness (QED) is 0.243. The SMILES string of the molecule is CCCCC(CC)COc1ccc(N=Nc2ccc(N/N=C\C=N)cc2)cc1. The summed E-state index contributed by atoms with van der Waals surface area (Å²) in [5, 5.41) is 19.2. The first kappa shape index (κ1) is 21.3. The molecule has 2 N–H and O–H groups in total. The van der Waals surface area contributed by atoms with Gasteiger partial charge in [-0.25, -0.2) is 0 Å². The lowest BCUT2D eigenvalue weighted by molar-refractivity contribution is 0.233. The van der Waals surface area contributed by atoms with E-state index < -0.39 is 0 Å². The predicted octanol–water partition coefficient (Wildman–Crippen LogP) is 6.74. The zero-order valence-corrected chi connectivity index (χ0v) is 16.6. The van der Waals surface area contributed by atoms with Gasteiger partial charge in [0.25, 0.3) is 0 Å². The van der Waals surface area contributed by atoms with Crippen molar-refractivity contribution >= 4 is 29.5 Å². The fraction of sp³-hybridized carbons (Fsp3) is 0.364. The number of anilines is 1. The topological polar surface area (TPSA) is 82.2 Å². The maximum atomic E-state index is 6.88. The van der Waals surface area contributed by atoms with E-state index in [1.807, 2.05) is 48.5 Å². The lowest BCUT2D eigenvalue weighted by atomic mass is 10.0. The summed E-state index contributed by atoms with van der Waals surface area (Å²) >= 11 is 0. The third-order valence-electron chi connectivity index (χ3n) is 4.36. The first-order valence-corrected chi connectivity index (χ1v) is 9.78. The van der Waals surface area contributed by atoms with Crippen LogP contribution in [-0.2, 0) is 0 Å². The second kappa shape index (κ2) is 12.4. The molecule has 0 radical (unpaired) electrons. The zero-order valence-electron chi connectivity index (χ0n) is 16.6. The van der Waals surface area contributed by atoms with E-state index in [1.165, 1.54) is 25.5 Å². The van der Waals surface area contributed by atoms with Gasteiger partial charge in [-0.05, 0) is 60.9 Å². The molecule has 0 amide bonds. The highest BCUT2D eigenvalue weighted by Gasteiger charge is 2.06. The Hall–Kier alpha value is -3.02. The van der Waals surface area contributed by atoms with Crippen molar-refractivity contribution in [2.45, 2.75) is 39.5 Å². The molecule has 0 heterocycles. The van der Waals surface area contributed by atoms with Gasteiger partial charge in [0.05, 0.1) is 29.9 Å². The number of benzene rings is 2. The van der Waals surface area contributed by atoms with Crippen LogP contribution in [0.5, 0.6) is 5.75 Å². The van der Waals surface area contributed by atoms with Gasteiger partial charge in [-0.3, -0.25) is 5.43 Å². The number of unbranched alkanes of at least 4 members (excludes halogenated alkanes) is 1. The van der Waals surface area contributed by atoms with Gasteiger partial charge in [-0.15, -0.1) is 0 Å². The standard InChI is InChI=1S/C22H29N5O/c1-3-5-6-18(4-2)17-28-22-13-11-21(12-14-22)27-26-20-9-7-19(8-10-20)25-24-16-15-23/h7-16,18,23,25H,3-6,17H2,1-2H3/b23-15?,24-16-,27-26?. The Morgan fingerprint density at radius 2 is 1.64 bits per heavy atom. The Balaban J connectivity index is 1.85. The second-order valence-electron chi connectivity index (χ2n) is 6.52. The number of hydrogen-bond acceptors (Lipinski definition) is 6. The normalized spacial score (nSPS) is 12.4. The van der Waals surface area contributed by atoms with Gasteiger partial charge < -0.3 is 10.1 Å². The van der Waals surface area contributed by atoms with E-state index in [0.29, 0.717) is 5.92 Å². The van der Waals surface area contributed by atoms with Crippen molar-refractivity contribution in [2.24, 2.45) is 21.2 Å². The highest BCUT2D eigenvalue weighted by Crippen LogP contribution is 2.23. The van der Waals surface area contributed by atoms with Gasteiger partial charge in [-0.2, -0.15) is 15.3 Å². The third-order valence-corrected chi connectivity index (χ3v) is 4.36. The number of nitrogens with zero attached hydrogens (tertiary/aromatic N) is 3. The first-order valence-electron chi connectivity index (χ1n) is 9.78. The van der Waals surface area contributed by atoms with Crippen LogP contribution < -0.4 is 10.2 Å². The van der Waals surface area contributed by atoms with E-state index in [2.05, 4.69) is 34.6 Å². The summed E-state index contributed by atoms with van der Waals surface area (Å²) in [6.45, 7) is 5.21. The Labute approximate surface area is 167 Å². The van der Waals surface area contributed by atoms with Gasteiger partial charge in [0.1, 0.15) is 5.75 Å². The zero-order chi connectivity index (χ0) is 20.0. The predicted molar refractivity (Wildman–Crippen MR) is 117 cm³/mol. The molecule has 6 heteroatoms. The monoisotopic (exact) mass is 379 g/mol. The van der Waals surface area contributed by atoms with Crippen LogP contribution in [0.3, 0.4) is 0 Å². The molecule has 6 nitrogen and oxygen atoms in total. The fourth-order valence-electron chi connectivity index (χ4n) is 2.59. The van der Waals surface area contributed by atoms with Crippen molar-refractivity contribution in [3.05, 3.63) is 48.5 Å². The Bertz CT molecular complexity index is 754. The summed E-state index contributed by atoms with van der Waals surface area (Å²) in [6.07, 6.45) is 7.34. The lowest BCUT2D eigenvalue weighted by Crippen LogP contribution is -2.11. The molecule has 2 rings (SSSR count). The van der Waals surface area contributed by atoms with Crippen molar-refractivity contribution in [1.82, 2.24) is 0 Å². The summed E-state index contributed by atoms with van der Waals surface area (Å²) < 4.78 is 5.92. The Morgan fingerprint density at radius 1 is 1.00 bits per heavy atom. The van der Waals surface area contributed by atoms with E-state index in [9.17, 15) is 0 Å². The summed E-state index contributed by atoms with van der Waals surface area (Å²) in [6, 6.07) is 15.1. The molecule has 0 saturated heterocycles. The van der Waals surface area contributed by atoms with Crippen LogP contribution >= 0.6 is 0 Å². The highest BCUT2D eigenvalue weighted by molar-refractivity contribution is 6.14. The molecular weight excluding hydrogens is 350 g/mol. The molecule has 0 spiro atoms. The van der Waals surface area contributed by atoms with Crippen LogP contribution in [0.1, 0.15) is 39.5 Å². The van der Waals surface area contributed by atoms with Gasteiger partial charge in [0.2, 0.25) is 0 Å². The first-order chi connectivity index (χ1) is 13.7. The summed E-state index contributed by atoms with van der Waals surface area (Å²) in [5.41, 5.74) is 5.18. The van der Waals surface area contributed by atoms with Crippen molar-refractivity contribution in [3.8, 4) is 5.75 Å². The van der Waals surface area contributed by atoms with E-state index in [0.717, 1.165) is 42.1 Å². The van der Waals surface area contributed by atoms with Crippen LogP contribution in [0.25, 0.3) is 0 Å². The minimum atomic E-state index is 0.618. The average molecular weight is 380 g/mol. The molecule has 0 aromatic heterocycles. The van der Waals surface area contributed by atoms with E-state index >= 15 is 0 Å². The number of ether oxygens (including phenoxy) is 1. The van der Waals surface area contributed by atoms with Gasteiger partial charge in [0.15, 0.2) is 0 Å². The summed E-state index contributed by atoms with van der Waals surface area (Å²) in [5.74, 6) is 1.49. The maximum absolute atomic E-state index is 6.88. The smallest absolute Gasteiger partial charge is 0.119 e. The van der Waals surface area contributed by atoms with Gasteiger partial charge >= 0.3 is 0 Å². The molecule has 0 aliphatic rings. The van der Waals surface area contributed by atoms with Gasteiger partial charge in [-0.1, -0.05) is 33.1 Å². The molecule has 28 heavy (non-hydrogen) atoms. The number of nitrogens with one attached hydrogen (secondary N) is 2. The van der Waals surface area contributed by atoms with Crippen LogP contribution in [0.2, 0.25) is 0 Å². The number of hydrogen-bond donors (Lipinski definition) is 2. The van der Waals surface area contributed by atoms with E-state index in [-0.39, 0.29) is 0 Å². The number of rotatable bonds is 12. The summed E-state index contributed by atoms with van der Waals surface area (Å²) in [4.78, 5) is 0. The molecule has 0 aliphatic carbocycles. The van der Waals surface area contributed by atoms with E-state index in [4.69, 9.17) is 10.1 Å². The van der Waals surface area contributed by atoms with Crippen molar-refractivity contribution in [2.75, 3.05) is 12.0 Å². The third kappa shape index (κ3) is 7.70. The molecular formula is C22H29N5O. The molecule has 0 bridgehead atoms. The molecule has 0 aliphatic heterocycles. The molecule has 2 aromatic rings. The Kier molecular flexibility index (Phi) is 9.41. The largest absolute Gasteiger partial charge is 0.493 e. The highest BCUT2D eigenvalue weighted by atomic mass is 16.5. The molecule has 0 fully saturated rings. The number of hydrazone groups is 1. The van der Waals surface area contributed by atoms with Crippen molar-refractivity contribution < 1.29 is 4.74 Å². The minimum Gasteiger partial charge on any atom is -0.493 e. The second-order valence-corrected chi connectivity index (χ2v) is 6.52. The minimum absolute atomic E-state index is 0.618. The van der Waals surface area contributed by atoms with Crippen LogP contribution in [0.15, 0.2) is 63.9 Å². The average Bonchev–Trinajstić information content (AvgIpc) is 2.74. The molecule has 2 aromatic carbocycles. The summed E-state index contributed by atoms with van der Waals surface area (Å²) in [7, 11) is 0. The maximum Gasteiger partial charge on any atom is 0.119 e. The van der Waals surface area contributed by atoms with Gasteiger partial charge in [0, 0.05) is 6.21 Å². The van der Waals surface area contributed by atoms with Crippen molar-refractivity contribution in [3.63, 3.8) is 0 Å². The van der Waals surface area contributed by atoms with Crippen LogP contribution in [0, 0.1) is 11.3 Å². The molecule has 1 atom stereocenters. The van der Waals surface area contributed by atoms with Crippen LogP contribution in [0.4, 0.5) is 17.1 Å². The van der Waals surface area contributed by atoms with Crippen molar-refractivity contribution in [1.29, 1.82) is 5.41 Å². The fourth-order valence-corrected chi connectivity index (χ4v) is 2.59. The van der Waals surface area contributed by atoms with E-state index in [1.54, 1.807) is 0 Å². The lowest BCUT2D eigenvalue weighted by Gasteiger charge is -2.15. The molecule has 0 saturated carbocycles. The molecule has 1 unspecified atom stereocenters. The number of azo groups is 1.